The van der Waals surface area contributed by atoms with Crippen molar-refractivity contribution in [3.8, 4) is 0 Å². The zero-order valence-electron chi connectivity index (χ0n) is 9.35. The Morgan fingerprint density at radius 2 is 2.24 bits per heavy atom. The van der Waals surface area contributed by atoms with E-state index in [2.05, 4.69) is 20.9 Å². The number of rotatable bonds is 2. The van der Waals surface area contributed by atoms with E-state index in [4.69, 9.17) is 5.73 Å². The third kappa shape index (κ3) is 2.74. The predicted octanol–water partition coefficient (Wildman–Crippen LogP) is 1.94. The molecule has 2 N–H and O–H groups in total. The van der Waals surface area contributed by atoms with Gasteiger partial charge in [-0.2, -0.15) is 0 Å². The molecule has 0 amide bonds. The molecule has 4 nitrogen and oxygen atoms in total. The lowest BCUT2D eigenvalue weighted by atomic mass is 10.2. The Hall–Kier alpha value is -1.62. The number of aryl methyl sites for hydroxylation is 1. The fraction of sp³-hybridized carbons (Fsp3) is 0.167. The van der Waals surface area contributed by atoms with E-state index in [0.29, 0.717) is 17.9 Å². The Balaban J connectivity index is 2.36. The molecular weight excluding hydrogens is 282 g/mol. The van der Waals surface area contributed by atoms with Gasteiger partial charge in [-0.25, -0.2) is 4.98 Å². The number of nitrogen functional groups attached to an aromatic ring is 1. The second-order valence-corrected chi connectivity index (χ2v) is 4.78. The lowest BCUT2D eigenvalue weighted by Crippen LogP contribution is -2.22. The summed E-state index contributed by atoms with van der Waals surface area (Å²) < 4.78 is 2.53. The molecule has 0 unspecified atom stereocenters. The van der Waals surface area contributed by atoms with Gasteiger partial charge in [-0.05, 0) is 40.5 Å². The zero-order chi connectivity index (χ0) is 12.4. The molecule has 2 aromatic heterocycles. The van der Waals surface area contributed by atoms with Gasteiger partial charge in [0, 0.05) is 22.4 Å². The minimum Gasteiger partial charge on any atom is -0.384 e. The first kappa shape index (κ1) is 11.9. The minimum atomic E-state index is 0.00465. The summed E-state index contributed by atoms with van der Waals surface area (Å²) >= 11 is 3.38. The van der Waals surface area contributed by atoms with Crippen molar-refractivity contribution < 1.29 is 0 Å². The third-order valence-electron chi connectivity index (χ3n) is 2.43. The van der Waals surface area contributed by atoms with Crippen LogP contribution in [0.4, 0.5) is 5.82 Å². The Kier molecular flexibility index (Phi) is 3.28. The van der Waals surface area contributed by atoms with Crippen LogP contribution in [0, 0.1) is 6.92 Å². The molecule has 0 saturated carbocycles. The topological polar surface area (TPSA) is 60.9 Å². The SMILES string of the molecule is Cc1cc(Br)cn(Cc2ccc(N)nc2)c1=O. The highest BCUT2D eigenvalue weighted by Gasteiger charge is 2.03. The number of anilines is 1. The van der Waals surface area contributed by atoms with E-state index < -0.39 is 0 Å². The molecule has 0 aliphatic rings. The normalized spacial score (nSPS) is 10.5. The summed E-state index contributed by atoms with van der Waals surface area (Å²) in [5.74, 6) is 0.478. The van der Waals surface area contributed by atoms with Gasteiger partial charge in [0.25, 0.3) is 5.56 Å². The Bertz CT molecular complexity index is 590. The molecule has 0 fully saturated rings. The number of hydrogen-bond donors (Lipinski definition) is 1. The van der Waals surface area contributed by atoms with Crippen molar-refractivity contribution in [1.29, 1.82) is 0 Å². The summed E-state index contributed by atoms with van der Waals surface area (Å²) in [5, 5.41) is 0. The molecule has 88 valence electrons. The van der Waals surface area contributed by atoms with Gasteiger partial charge in [0.05, 0.1) is 6.54 Å². The van der Waals surface area contributed by atoms with Crippen molar-refractivity contribution in [2.24, 2.45) is 0 Å². The van der Waals surface area contributed by atoms with Crippen molar-refractivity contribution in [3.63, 3.8) is 0 Å². The molecule has 5 heteroatoms. The summed E-state index contributed by atoms with van der Waals surface area (Å²) in [7, 11) is 0. The minimum absolute atomic E-state index is 0.00465. The van der Waals surface area contributed by atoms with Crippen LogP contribution in [-0.4, -0.2) is 9.55 Å². The quantitative estimate of drug-likeness (QED) is 0.921. The maximum Gasteiger partial charge on any atom is 0.253 e. The van der Waals surface area contributed by atoms with Gasteiger partial charge in [0.15, 0.2) is 0 Å². The van der Waals surface area contributed by atoms with Crippen molar-refractivity contribution in [1.82, 2.24) is 9.55 Å². The van der Waals surface area contributed by atoms with Crippen LogP contribution < -0.4 is 11.3 Å². The number of halogens is 1. The van der Waals surface area contributed by atoms with E-state index in [0.717, 1.165) is 10.0 Å². The molecule has 0 aliphatic heterocycles. The van der Waals surface area contributed by atoms with E-state index in [1.165, 1.54) is 0 Å². The van der Waals surface area contributed by atoms with Crippen LogP contribution >= 0.6 is 15.9 Å². The summed E-state index contributed by atoms with van der Waals surface area (Å²) in [5.41, 5.74) is 7.17. The average molecular weight is 294 g/mol. The molecular formula is C12H12BrN3O. The highest BCUT2D eigenvalue weighted by atomic mass is 79.9. The van der Waals surface area contributed by atoms with Crippen LogP contribution in [0.25, 0.3) is 0 Å². The highest BCUT2D eigenvalue weighted by molar-refractivity contribution is 9.10. The summed E-state index contributed by atoms with van der Waals surface area (Å²) in [4.78, 5) is 15.9. The van der Waals surface area contributed by atoms with Crippen molar-refractivity contribution in [2.45, 2.75) is 13.5 Å². The van der Waals surface area contributed by atoms with Gasteiger partial charge in [0.2, 0.25) is 0 Å². The van der Waals surface area contributed by atoms with E-state index in [1.807, 2.05) is 6.07 Å². The summed E-state index contributed by atoms with van der Waals surface area (Å²) in [6, 6.07) is 5.40. The fourth-order valence-corrected chi connectivity index (χ4v) is 2.17. The van der Waals surface area contributed by atoms with Crippen LogP contribution in [-0.2, 0) is 6.54 Å². The molecule has 0 radical (unpaired) electrons. The number of pyridine rings is 2. The molecule has 0 spiro atoms. The van der Waals surface area contributed by atoms with Crippen LogP contribution in [0.15, 0.2) is 39.9 Å². The molecule has 2 heterocycles. The number of aromatic nitrogens is 2. The van der Waals surface area contributed by atoms with Gasteiger partial charge in [-0.15, -0.1) is 0 Å². The maximum atomic E-state index is 11.9. The third-order valence-corrected chi connectivity index (χ3v) is 2.87. The molecule has 0 atom stereocenters. The van der Waals surface area contributed by atoms with E-state index in [9.17, 15) is 4.79 Å². The lowest BCUT2D eigenvalue weighted by molar-refractivity contribution is 0.746. The van der Waals surface area contributed by atoms with E-state index in [-0.39, 0.29) is 5.56 Å². The van der Waals surface area contributed by atoms with Gasteiger partial charge in [-0.3, -0.25) is 4.79 Å². The van der Waals surface area contributed by atoms with Crippen molar-refractivity contribution in [3.05, 3.63) is 56.5 Å². The van der Waals surface area contributed by atoms with Gasteiger partial charge in [-0.1, -0.05) is 6.07 Å². The average Bonchev–Trinajstić information content (AvgIpc) is 2.28. The highest BCUT2D eigenvalue weighted by Crippen LogP contribution is 2.10. The summed E-state index contributed by atoms with van der Waals surface area (Å²) in [6.07, 6.45) is 3.45. The Morgan fingerprint density at radius 1 is 1.47 bits per heavy atom. The monoisotopic (exact) mass is 293 g/mol. The van der Waals surface area contributed by atoms with E-state index >= 15 is 0 Å². The number of nitrogens with two attached hydrogens (primary N) is 1. The van der Waals surface area contributed by atoms with Crippen molar-refractivity contribution in [2.75, 3.05) is 5.73 Å². The zero-order valence-corrected chi connectivity index (χ0v) is 10.9. The van der Waals surface area contributed by atoms with Gasteiger partial charge in [0.1, 0.15) is 5.82 Å². The second kappa shape index (κ2) is 4.71. The maximum absolute atomic E-state index is 11.9. The molecule has 2 rings (SSSR count). The first-order valence-corrected chi connectivity index (χ1v) is 5.92. The standard InChI is InChI=1S/C12H12BrN3O/c1-8-4-10(13)7-16(12(8)17)6-9-2-3-11(14)15-5-9/h2-5,7H,6H2,1H3,(H2,14,15). The predicted molar refractivity (Wildman–Crippen MR) is 70.9 cm³/mol. The largest absolute Gasteiger partial charge is 0.384 e. The Morgan fingerprint density at radius 3 is 2.88 bits per heavy atom. The van der Waals surface area contributed by atoms with Crippen LogP contribution in [0.1, 0.15) is 11.1 Å². The summed E-state index contributed by atoms with van der Waals surface area (Å²) in [6.45, 7) is 2.29. The smallest absolute Gasteiger partial charge is 0.253 e. The van der Waals surface area contributed by atoms with Crippen LogP contribution in [0.3, 0.4) is 0 Å². The van der Waals surface area contributed by atoms with E-state index in [1.54, 1.807) is 36.0 Å². The van der Waals surface area contributed by atoms with Crippen molar-refractivity contribution >= 4 is 21.7 Å². The fourth-order valence-electron chi connectivity index (χ4n) is 1.58. The lowest BCUT2D eigenvalue weighted by Gasteiger charge is -2.07. The molecule has 0 saturated heterocycles. The first-order valence-electron chi connectivity index (χ1n) is 5.13. The first-order chi connectivity index (χ1) is 8.06. The van der Waals surface area contributed by atoms with Crippen LogP contribution in [0.2, 0.25) is 0 Å². The number of hydrogen-bond acceptors (Lipinski definition) is 3. The molecule has 2 aromatic rings. The molecule has 0 bridgehead atoms. The molecule has 0 aromatic carbocycles. The Labute approximate surface area is 107 Å². The van der Waals surface area contributed by atoms with Crippen LogP contribution in [0.5, 0.6) is 0 Å². The van der Waals surface area contributed by atoms with Gasteiger partial charge < -0.3 is 10.3 Å². The van der Waals surface area contributed by atoms with Gasteiger partial charge >= 0.3 is 0 Å². The molecule has 17 heavy (non-hydrogen) atoms. The second-order valence-electron chi connectivity index (χ2n) is 3.87. The molecule has 0 aliphatic carbocycles. The number of nitrogens with zero attached hydrogens (tertiary/aromatic N) is 2.